The van der Waals surface area contributed by atoms with E-state index in [-0.39, 0.29) is 12.0 Å². The summed E-state index contributed by atoms with van der Waals surface area (Å²) < 4.78 is 50.5. The van der Waals surface area contributed by atoms with Gasteiger partial charge in [0.25, 0.3) is 0 Å². The lowest BCUT2D eigenvalue weighted by Gasteiger charge is -2.39. The van der Waals surface area contributed by atoms with Gasteiger partial charge in [0.1, 0.15) is 30.1 Å². The maximum atomic E-state index is 13.3. The van der Waals surface area contributed by atoms with Crippen LogP contribution in [-0.2, 0) is 17.3 Å². The zero-order valence-electron chi connectivity index (χ0n) is 14.4. The van der Waals surface area contributed by atoms with Crippen molar-refractivity contribution in [3.63, 3.8) is 0 Å². The molecule has 0 unspecified atom stereocenters. The second kappa shape index (κ2) is 8.05. The number of ether oxygens (including phenoxy) is 2. The minimum atomic E-state index is -4.73. The van der Waals surface area contributed by atoms with Crippen LogP contribution in [0.5, 0.6) is 5.88 Å². The molecule has 0 bridgehead atoms. The second-order valence-electron chi connectivity index (χ2n) is 6.36. The number of benzene rings is 1. The van der Waals surface area contributed by atoms with Crippen LogP contribution in [0.2, 0.25) is 0 Å². The van der Waals surface area contributed by atoms with Crippen molar-refractivity contribution < 1.29 is 43.1 Å². The fourth-order valence-electron chi connectivity index (χ4n) is 2.92. The lowest BCUT2D eigenvalue weighted by Crippen LogP contribution is -2.60. The molecule has 1 saturated heterocycles. The molecule has 1 fully saturated rings. The summed E-state index contributed by atoms with van der Waals surface area (Å²) in [6.45, 7) is -0.698. The number of H-pyrrole nitrogens is 1. The molecule has 8 nitrogen and oxygen atoms in total. The molecule has 0 spiro atoms. The molecule has 0 aliphatic carbocycles. The molecule has 2 aromatic rings. The van der Waals surface area contributed by atoms with Crippen molar-refractivity contribution in [2.75, 3.05) is 6.61 Å². The standard InChI is InChI=1S/C17H19F3N2O6/c18-17(19,20)14-9(6-8-4-2-1-3-5-8)15(22-21-14)28-16-13(26)12(25)11(24)10(7-23)27-16/h1-5,10-13,16,23-26H,6-7H2,(H,21,22)/t10-,11-,12+,13-,16-/m1/s1. The van der Waals surface area contributed by atoms with Crippen molar-refractivity contribution in [1.29, 1.82) is 0 Å². The molecule has 0 radical (unpaired) electrons. The van der Waals surface area contributed by atoms with Crippen LogP contribution in [0.25, 0.3) is 0 Å². The molecule has 3 rings (SSSR count). The molecule has 5 N–H and O–H groups in total. The lowest BCUT2D eigenvalue weighted by atomic mass is 9.99. The molecule has 1 aromatic heterocycles. The van der Waals surface area contributed by atoms with Gasteiger partial charge in [0.15, 0.2) is 0 Å². The van der Waals surface area contributed by atoms with E-state index in [4.69, 9.17) is 9.47 Å². The summed E-state index contributed by atoms with van der Waals surface area (Å²) in [6.07, 6.45) is -12.9. The molecule has 0 saturated carbocycles. The molecular weight excluding hydrogens is 385 g/mol. The monoisotopic (exact) mass is 404 g/mol. The fraction of sp³-hybridized carbons (Fsp3) is 0.471. The largest absolute Gasteiger partial charge is 0.443 e. The maximum Gasteiger partial charge on any atom is 0.433 e. The van der Waals surface area contributed by atoms with Crippen molar-refractivity contribution >= 4 is 0 Å². The Hall–Kier alpha value is -2.18. The van der Waals surface area contributed by atoms with Crippen LogP contribution in [0, 0.1) is 0 Å². The molecule has 0 amide bonds. The predicted octanol–water partition coefficient (Wildman–Crippen LogP) is 0.198. The summed E-state index contributed by atoms with van der Waals surface area (Å²) in [5, 5.41) is 44.2. The van der Waals surface area contributed by atoms with E-state index in [9.17, 15) is 33.6 Å². The van der Waals surface area contributed by atoms with Gasteiger partial charge in [-0.05, 0) is 5.56 Å². The summed E-state index contributed by atoms with van der Waals surface area (Å²) in [5.74, 6) is -0.472. The summed E-state index contributed by atoms with van der Waals surface area (Å²) in [7, 11) is 0. The Kier molecular flexibility index (Phi) is 5.91. The van der Waals surface area contributed by atoms with Gasteiger partial charge >= 0.3 is 6.18 Å². The van der Waals surface area contributed by atoms with Crippen LogP contribution in [0.4, 0.5) is 13.2 Å². The van der Waals surface area contributed by atoms with Gasteiger partial charge in [0, 0.05) is 6.42 Å². The number of nitrogens with one attached hydrogen (secondary N) is 1. The van der Waals surface area contributed by atoms with Gasteiger partial charge in [0.2, 0.25) is 12.2 Å². The first-order valence-corrected chi connectivity index (χ1v) is 8.38. The van der Waals surface area contributed by atoms with E-state index in [1.54, 1.807) is 30.3 Å². The highest BCUT2D eigenvalue weighted by Crippen LogP contribution is 2.36. The van der Waals surface area contributed by atoms with E-state index < -0.39 is 55.1 Å². The van der Waals surface area contributed by atoms with E-state index in [2.05, 4.69) is 5.10 Å². The normalized spacial score (nSPS) is 28.3. The number of hydrogen-bond acceptors (Lipinski definition) is 7. The van der Waals surface area contributed by atoms with Gasteiger partial charge in [-0.15, -0.1) is 5.10 Å². The summed E-state index contributed by atoms with van der Waals surface area (Å²) in [5.41, 5.74) is -0.861. The molecule has 1 aromatic carbocycles. The zero-order chi connectivity index (χ0) is 20.5. The summed E-state index contributed by atoms with van der Waals surface area (Å²) >= 11 is 0. The number of rotatable bonds is 5. The first-order valence-electron chi connectivity index (χ1n) is 8.38. The quantitative estimate of drug-likeness (QED) is 0.482. The number of nitrogens with zero attached hydrogens (tertiary/aromatic N) is 1. The molecule has 2 heterocycles. The number of aliphatic hydroxyl groups is 4. The molecule has 11 heteroatoms. The number of aromatic nitrogens is 2. The number of halogens is 3. The van der Waals surface area contributed by atoms with Crippen LogP contribution in [0.3, 0.4) is 0 Å². The molecule has 154 valence electrons. The van der Waals surface area contributed by atoms with Gasteiger partial charge in [-0.3, -0.25) is 5.10 Å². The molecule has 1 aliphatic rings. The molecule has 5 atom stereocenters. The topological polar surface area (TPSA) is 128 Å². The Morgan fingerprint density at radius 3 is 2.36 bits per heavy atom. The SMILES string of the molecule is OC[C@H]1O[C@H](Oc2n[nH]c(C(F)(F)F)c2Cc2ccccc2)[C@H](O)[C@@H](O)[C@@H]1O. The number of aromatic amines is 1. The molecule has 1 aliphatic heterocycles. The number of hydrogen-bond donors (Lipinski definition) is 5. The van der Waals surface area contributed by atoms with Gasteiger partial charge in [-0.1, -0.05) is 30.3 Å². The zero-order valence-corrected chi connectivity index (χ0v) is 14.4. The fourth-order valence-corrected chi connectivity index (χ4v) is 2.92. The van der Waals surface area contributed by atoms with Crippen molar-refractivity contribution in [1.82, 2.24) is 10.2 Å². The van der Waals surface area contributed by atoms with Crippen molar-refractivity contribution in [2.24, 2.45) is 0 Å². The average Bonchev–Trinajstić information content (AvgIpc) is 3.05. The van der Waals surface area contributed by atoms with Crippen LogP contribution < -0.4 is 4.74 Å². The Morgan fingerprint density at radius 1 is 1.07 bits per heavy atom. The van der Waals surface area contributed by atoms with E-state index in [1.165, 1.54) is 0 Å². The third-order valence-electron chi connectivity index (χ3n) is 4.41. The van der Waals surface area contributed by atoms with E-state index in [0.29, 0.717) is 5.56 Å². The minimum Gasteiger partial charge on any atom is -0.443 e. The van der Waals surface area contributed by atoms with Crippen molar-refractivity contribution in [3.05, 3.63) is 47.2 Å². The summed E-state index contributed by atoms with van der Waals surface area (Å²) in [4.78, 5) is 0. The van der Waals surface area contributed by atoms with Gasteiger partial charge < -0.3 is 29.9 Å². The first kappa shape index (κ1) is 20.6. The maximum absolute atomic E-state index is 13.3. The second-order valence-corrected chi connectivity index (χ2v) is 6.36. The predicted molar refractivity (Wildman–Crippen MR) is 87.2 cm³/mol. The third kappa shape index (κ3) is 4.13. The number of alkyl halides is 3. The Morgan fingerprint density at radius 2 is 1.75 bits per heavy atom. The Labute approximate surface area is 157 Å². The molecule has 28 heavy (non-hydrogen) atoms. The highest BCUT2D eigenvalue weighted by atomic mass is 19.4. The first-order chi connectivity index (χ1) is 13.2. The van der Waals surface area contributed by atoms with Gasteiger partial charge in [-0.2, -0.15) is 13.2 Å². The van der Waals surface area contributed by atoms with Crippen LogP contribution in [-0.4, -0.2) is 67.9 Å². The van der Waals surface area contributed by atoms with Crippen LogP contribution >= 0.6 is 0 Å². The van der Waals surface area contributed by atoms with Crippen LogP contribution in [0.15, 0.2) is 30.3 Å². The highest BCUT2D eigenvalue weighted by molar-refractivity contribution is 5.37. The van der Waals surface area contributed by atoms with E-state index in [1.807, 2.05) is 5.10 Å². The van der Waals surface area contributed by atoms with E-state index >= 15 is 0 Å². The van der Waals surface area contributed by atoms with Crippen molar-refractivity contribution in [3.8, 4) is 5.88 Å². The van der Waals surface area contributed by atoms with Crippen LogP contribution in [0.1, 0.15) is 16.8 Å². The van der Waals surface area contributed by atoms with Gasteiger partial charge in [0.05, 0.1) is 12.2 Å². The lowest BCUT2D eigenvalue weighted by molar-refractivity contribution is -0.278. The van der Waals surface area contributed by atoms with Crippen molar-refractivity contribution in [2.45, 2.75) is 43.3 Å². The third-order valence-corrected chi connectivity index (χ3v) is 4.41. The highest BCUT2D eigenvalue weighted by Gasteiger charge is 2.46. The molecular formula is C17H19F3N2O6. The van der Waals surface area contributed by atoms with Gasteiger partial charge in [-0.25, -0.2) is 0 Å². The Balaban J connectivity index is 1.90. The average molecular weight is 404 g/mol. The summed E-state index contributed by atoms with van der Waals surface area (Å²) in [6, 6.07) is 8.31. The van der Waals surface area contributed by atoms with E-state index in [0.717, 1.165) is 0 Å². The number of aliphatic hydroxyl groups excluding tert-OH is 4. The smallest absolute Gasteiger partial charge is 0.433 e. The minimum absolute atomic E-state index is 0.168. The Bertz CT molecular complexity index is 783.